The second-order valence-corrected chi connectivity index (χ2v) is 6.97. The Balaban J connectivity index is 1.64. The van der Waals surface area contributed by atoms with E-state index >= 15 is 0 Å². The Morgan fingerprint density at radius 1 is 1.20 bits per heavy atom. The van der Waals surface area contributed by atoms with E-state index in [0.717, 1.165) is 11.1 Å². The topological polar surface area (TPSA) is 49.4 Å². The SMILES string of the molecule is Cc1ccc(CN2CC(C(=O)Nc3cccc(Cl)c3C)CC2=O)cc1. The minimum atomic E-state index is -0.337. The van der Waals surface area contributed by atoms with E-state index in [-0.39, 0.29) is 24.2 Å². The molecule has 2 aromatic carbocycles. The highest BCUT2D eigenvalue weighted by molar-refractivity contribution is 6.31. The first-order chi connectivity index (χ1) is 11.9. The molecule has 0 bridgehead atoms. The number of likely N-dealkylation sites (tertiary alicyclic amines) is 1. The average Bonchev–Trinajstić information content (AvgIpc) is 2.95. The summed E-state index contributed by atoms with van der Waals surface area (Å²) in [7, 11) is 0. The zero-order valence-corrected chi connectivity index (χ0v) is 15.1. The predicted molar refractivity (Wildman–Crippen MR) is 99.5 cm³/mol. The van der Waals surface area contributed by atoms with Crippen molar-refractivity contribution in [1.29, 1.82) is 0 Å². The Morgan fingerprint density at radius 3 is 2.64 bits per heavy atom. The summed E-state index contributed by atoms with van der Waals surface area (Å²) in [6.07, 6.45) is 0.247. The van der Waals surface area contributed by atoms with Gasteiger partial charge in [-0.15, -0.1) is 0 Å². The lowest BCUT2D eigenvalue weighted by molar-refractivity contribution is -0.128. The van der Waals surface area contributed by atoms with Crippen molar-refractivity contribution >= 4 is 29.1 Å². The molecule has 2 amide bonds. The van der Waals surface area contributed by atoms with Crippen molar-refractivity contribution in [1.82, 2.24) is 4.90 Å². The lowest BCUT2D eigenvalue weighted by Gasteiger charge is -2.17. The van der Waals surface area contributed by atoms with E-state index < -0.39 is 0 Å². The first-order valence-corrected chi connectivity index (χ1v) is 8.71. The minimum absolute atomic E-state index is 0.0172. The molecule has 0 radical (unpaired) electrons. The summed E-state index contributed by atoms with van der Waals surface area (Å²) in [5.74, 6) is -0.454. The van der Waals surface area contributed by atoms with Crippen LogP contribution in [0.1, 0.15) is 23.1 Å². The van der Waals surface area contributed by atoms with E-state index in [1.54, 1.807) is 17.0 Å². The Morgan fingerprint density at radius 2 is 1.92 bits per heavy atom. The Labute approximate surface area is 152 Å². The monoisotopic (exact) mass is 356 g/mol. The van der Waals surface area contributed by atoms with Crippen molar-refractivity contribution in [2.24, 2.45) is 5.92 Å². The van der Waals surface area contributed by atoms with Gasteiger partial charge >= 0.3 is 0 Å². The van der Waals surface area contributed by atoms with Gasteiger partial charge in [0.15, 0.2) is 0 Å². The number of hydrogen-bond donors (Lipinski definition) is 1. The number of anilines is 1. The summed E-state index contributed by atoms with van der Waals surface area (Å²) in [5, 5.41) is 3.52. The van der Waals surface area contributed by atoms with Crippen LogP contribution in [0.5, 0.6) is 0 Å². The molecule has 0 spiro atoms. The van der Waals surface area contributed by atoms with Crippen LogP contribution in [0.4, 0.5) is 5.69 Å². The van der Waals surface area contributed by atoms with E-state index in [0.29, 0.717) is 23.8 Å². The van der Waals surface area contributed by atoms with Gasteiger partial charge < -0.3 is 10.2 Å². The highest BCUT2D eigenvalue weighted by atomic mass is 35.5. The lowest BCUT2D eigenvalue weighted by atomic mass is 10.1. The number of carbonyl (C=O) groups excluding carboxylic acids is 2. The number of benzene rings is 2. The van der Waals surface area contributed by atoms with Gasteiger partial charge in [0.2, 0.25) is 11.8 Å². The van der Waals surface area contributed by atoms with Gasteiger partial charge in [0.25, 0.3) is 0 Å². The molecule has 0 aromatic heterocycles. The number of aryl methyl sites for hydroxylation is 1. The number of nitrogens with one attached hydrogen (secondary N) is 1. The number of carbonyl (C=O) groups is 2. The number of nitrogens with zero attached hydrogens (tertiary/aromatic N) is 1. The second-order valence-electron chi connectivity index (χ2n) is 6.56. The predicted octanol–water partition coefficient (Wildman–Crippen LogP) is 3.94. The first-order valence-electron chi connectivity index (χ1n) is 8.33. The highest BCUT2D eigenvalue weighted by Crippen LogP contribution is 2.26. The van der Waals surface area contributed by atoms with Crippen LogP contribution in [0.25, 0.3) is 0 Å². The number of halogens is 1. The van der Waals surface area contributed by atoms with E-state index in [1.807, 2.05) is 44.2 Å². The maximum Gasteiger partial charge on any atom is 0.229 e. The van der Waals surface area contributed by atoms with Gasteiger partial charge in [-0.3, -0.25) is 9.59 Å². The summed E-state index contributed by atoms with van der Waals surface area (Å²) in [5.41, 5.74) is 3.79. The number of hydrogen-bond acceptors (Lipinski definition) is 2. The van der Waals surface area contributed by atoms with Crippen LogP contribution in [0.15, 0.2) is 42.5 Å². The average molecular weight is 357 g/mol. The van der Waals surface area contributed by atoms with Crippen LogP contribution in [0, 0.1) is 19.8 Å². The molecular formula is C20H21ClN2O2. The fourth-order valence-electron chi connectivity index (χ4n) is 2.99. The normalized spacial score (nSPS) is 17.0. The van der Waals surface area contributed by atoms with Crippen LogP contribution >= 0.6 is 11.6 Å². The molecule has 130 valence electrons. The fraction of sp³-hybridized carbons (Fsp3) is 0.300. The summed E-state index contributed by atoms with van der Waals surface area (Å²) in [4.78, 5) is 26.5. The summed E-state index contributed by atoms with van der Waals surface area (Å²) in [6, 6.07) is 13.5. The molecule has 1 aliphatic heterocycles. The van der Waals surface area contributed by atoms with Gasteiger partial charge in [-0.1, -0.05) is 47.5 Å². The van der Waals surface area contributed by atoms with E-state index in [1.165, 1.54) is 5.56 Å². The Hall–Kier alpha value is -2.33. The third-order valence-electron chi connectivity index (χ3n) is 4.60. The molecule has 25 heavy (non-hydrogen) atoms. The molecule has 1 saturated heterocycles. The summed E-state index contributed by atoms with van der Waals surface area (Å²) in [6.45, 7) is 4.88. The molecule has 5 heteroatoms. The third kappa shape index (κ3) is 4.02. The first kappa shape index (κ1) is 17.5. The molecule has 1 atom stereocenters. The molecular weight excluding hydrogens is 336 g/mol. The highest BCUT2D eigenvalue weighted by Gasteiger charge is 2.34. The summed E-state index contributed by atoms with van der Waals surface area (Å²) < 4.78 is 0. The van der Waals surface area contributed by atoms with Gasteiger partial charge in [-0.2, -0.15) is 0 Å². The minimum Gasteiger partial charge on any atom is -0.338 e. The Bertz CT molecular complexity index is 802. The van der Waals surface area contributed by atoms with Crippen LogP contribution < -0.4 is 5.32 Å². The zero-order valence-electron chi connectivity index (χ0n) is 14.4. The van der Waals surface area contributed by atoms with Gasteiger partial charge in [-0.05, 0) is 37.1 Å². The molecule has 2 aromatic rings. The van der Waals surface area contributed by atoms with E-state index in [2.05, 4.69) is 5.32 Å². The Kier molecular flexibility index (Phi) is 5.09. The third-order valence-corrected chi connectivity index (χ3v) is 5.01. The lowest BCUT2D eigenvalue weighted by Crippen LogP contribution is -2.28. The summed E-state index contributed by atoms with van der Waals surface area (Å²) >= 11 is 6.09. The number of amides is 2. The molecule has 0 aliphatic carbocycles. The van der Waals surface area contributed by atoms with Crippen LogP contribution in [0.3, 0.4) is 0 Å². The molecule has 1 fully saturated rings. The van der Waals surface area contributed by atoms with Gasteiger partial charge in [-0.25, -0.2) is 0 Å². The van der Waals surface area contributed by atoms with Crippen molar-refractivity contribution < 1.29 is 9.59 Å². The maximum atomic E-state index is 12.5. The van der Waals surface area contributed by atoms with E-state index in [9.17, 15) is 9.59 Å². The second kappa shape index (κ2) is 7.28. The largest absolute Gasteiger partial charge is 0.338 e. The molecule has 3 rings (SSSR count). The van der Waals surface area contributed by atoms with Gasteiger partial charge in [0.05, 0.1) is 5.92 Å². The fourth-order valence-corrected chi connectivity index (χ4v) is 3.17. The molecule has 4 nitrogen and oxygen atoms in total. The molecule has 1 N–H and O–H groups in total. The van der Waals surface area contributed by atoms with Crippen molar-refractivity contribution in [2.75, 3.05) is 11.9 Å². The van der Waals surface area contributed by atoms with Gasteiger partial charge in [0.1, 0.15) is 0 Å². The number of rotatable bonds is 4. The van der Waals surface area contributed by atoms with Crippen molar-refractivity contribution in [3.8, 4) is 0 Å². The molecule has 1 heterocycles. The quantitative estimate of drug-likeness (QED) is 0.901. The van der Waals surface area contributed by atoms with Crippen LogP contribution in [-0.4, -0.2) is 23.3 Å². The molecule has 0 saturated carbocycles. The van der Waals surface area contributed by atoms with Crippen LogP contribution in [-0.2, 0) is 16.1 Å². The van der Waals surface area contributed by atoms with Crippen molar-refractivity contribution in [3.05, 3.63) is 64.2 Å². The molecule has 1 aliphatic rings. The van der Waals surface area contributed by atoms with Gasteiger partial charge in [0, 0.05) is 30.2 Å². The van der Waals surface area contributed by atoms with Crippen molar-refractivity contribution in [3.63, 3.8) is 0 Å². The smallest absolute Gasteiger partial charge is 0.229 e. The van der Waals surface area contributed by atoms with Crippen molar-refractivity contribution in [2.45, 2.75) is 26.8 Å². The van der Waals surface area contributed by atoms with E-state index in [4.69, 9.17) is 11.6 Å². The van der Waals surface area contributed by atoms with Crippen LogP contribution in [0.2, 0.25) is 5.02 Å². The molecule has 1 unspecified atom stereocenters. The zero-order chi connectivity index (χ0) is 18.0. The standard InChI is InChI=1S/C20H21ClN2O2/c1-13-6-8-15(9-7-13)11-23-12-16(10-19(23)24)20(25)22-18-5-3-4-17(21)14(18)2/h3-9,16H,10-12H2,1-2H3,(H,22,25). The maximum absolute atomic E-state index is 12.5.